The Hall–Kier alpha value is -0.610. The molecule has 0 aromatic carbocycles. The quantitative estimate of drug-likeness (QED) is 0.719. The molecule has 1 saturated heterocycles. The van der Waals surface area contributed by atoms with E-state index in [1.54, 1.807) is 13.8 Å². The van der Waals surface area contributed by atoms with Gasteiger partial charge in [0.1, 0.15) is 5.54 Å². The van der Waals surface area contributed by atoms with Gasteiger partial charge in [-0.05, 0) is 41.5 Å². The number of nitrogens with zero attached hydrogens (tertiary/aromatic N) is 2. The van der Waals surface area contributed by atoms with Crippen molar-refractivity contribution in [3.8, 4) is 0 Å². The minimum Gasteiger partial charge on any atom is -0.337 e. The first-order valence-corrected chi connectivity index (χ1v) is 5.41. The molecule has 0 unspecified atom stereocenters. The van der Waals surface area contributed by atoms with Crippen LogP contribution in [0.25, 0.3) is 0 Å². The third-order valence-electron chi connectivity index (χ3n) is 3.07. The smallest absolute Gasteiger partial charge is 0.245 e. The van der Waals surface area contributed by atoms with E-state index < -0.39 is 11.1 Å². The zero-order valence-electron chi connectivity index (χ0n) is 10.5. The Kier molecular flexibility index (Phi) is 2.87. The van der Waals surface area contributed by atoms with E-state index in [2.05, 4.69) is 0 Å². The molecular weight excluding hydrogens is 192 g/mol. The number of hydrogen-bond acceptors (Lipinski definition) is 3. The molecule has 0 aromatic heterocycles. The van der Waals surface area contributed by atoms with Crippen LogP contribution in [0.5, 0.6) is 0 Å². The van der Waals surface area contributed by atoms with Crippen LogP contribution in [0.1, 0.15) is 41.5 Å². The average Bonchev–Trinajstić information content (AvgIpc) is 2.09. The van der Waals surface area contributed by atoms with Crippen LogP contribution in [0.2, 0.25) is 0 Å². The van der Waals surface area contributed by atoms with E-state index in [1.165, 1.54) is 5.06 Å². The fourth-order valence-electron chi connectivity index (χ4n) is 2.17. The number of hydrogen-bond donors (Lipinski definition) is 1. The van der Waals surface area contributed by atoms with Gasteiger partial charge in [-0.3, -0.25) is 4.79 Å². The fourth-order valence-corrected chi connectivity index (χ4v) is 2.17. The Balaban J connectivity index is 3.07. The minimum absolute atomic E-state index is 0.0145. The SMILES string of the molecule is CC(C)N1CC(C)(C)N(O)C(C)(C)C1=O. The Morgan fingerprint density at radius 2 is 1.73 bits per heavy atom. The molecule has 1 rings (SSSR count). The second-order valence-corrected chi connectivity index (χ2v) is 5.71. The Morgan fingerprint density at radius 1 is 1.27 bits per heavy atom. The van der Waals surface area contributed by atoms with Crippen molar-refractivity contribution < 1.29 is 10.0 Å². The highest BCUT2D eigenvalue weighted by Gasteiger charge is 2.50. The molecule has 88 valence electrons. The molecule has 0 aromatic rings. The summed E-state index contributed by atoms with van der Waals surface area (Å²) in [6, 6.07) is 0.171. The van der Waals surface area contributed by atoms with E-state index in [-0.39, 0.29) is 11.9 Å². The van der Waals surface area contributed by atoms with Crippen LogP contribution < -0.4 is 0 Å². The number of hydroxylamine groups is 2. The third kappa shape index (κ3) is 1.88. The summed E-state index contributed by atoms with van der Waals surface area (Å²) in [7, 11) is 0. The van der Waals surface area contributed by atoms with Crippen molar-refractivity contribution in [1.29, 1.82) is 0 Å². The Bertz CT molecular complexity index is 272. The second-order valence-electron chi connectivity index (χ2n) is 5.71. The molecule has 15 heavy (non-hydrogen) atoms. The maximum absolute atomic E-state index is 12.1. The summed E-state index contributed by atoms with van der Waals surface area (Å²) < 4.78 is 0. The molecule has 0 aliphatic carbocycles. The first kappa shape index (κ1) is 12.5. The summed E-state index contributed by atoms with van der Waals surface area (Å²) in [6.07, 6.45) is 0. The zero-order valence-corrected chi connectivity index (χ0v) is 10.5. The number of rotatable bonds is 1. The highest BCUT2D eigenvalue weighted by Crippen LogP contribution is 2.32. The van der Waals surface area contributed by atoms with Crippen LogP contribution in [-0.2, 0) is 4.79 Å². The van der Waals surface area contributed by atoms with Gasteiger partial charge in [0.15, 0.2) is 0 Å². The predicted octanol–water partition coefficient (Wildman–Crippen LogP) is 1.49. The van der Waals surface area contributed by atoms with Gasteiger partial charge in [0.05, 0.1) is 5.54 Å². The van der Waals surface area contributed by atoms with Gasteiger partial charge in [-0.2, -0.15) is 5.06 Å². The summed E-state index contributed by atoms with van der Waals surface area (Å²) in [5.74, 6) is -0.0145. The highest BCUT2D eigenvalue weighted by atomic mass is 16.5. The molecule has 0 bridgehead atoms. The molecule has 1 heterocycles. The monoisotopic (exact) mass is 214 g/mol. The molecule has 4 heteroatoms. The molecule has 0 saturated carbocycles. The lowest BCUT2D eigenvalue weighted by molar-refractivity contribution is -0.248. The van der Waals surface area contributed by atoms with Crippen molar-refractivity contribution in [3.63, 3.8) is 0 Å². The lowest BCUT2D eigenvalue weighted by atomic mass is 9.89. The van der Waals surface area contributed by atoms with E-state index in [4.69, 9.17) is 0 Å². The maximum Gasteiger partial charge on any atom is 0.245 e. The van der Waals surface area contributed by atoms with Crippen molar-refractivity contribution in [2.75, 3.05) is 6.54 Å². The van der Waals surface area contributed by atoms with Crippen LogP contribution in [-0.4, -0.2) is 44.7 Å². The Labute approximate surface area is 91.8 Å². The topological polar surface area (TPSA) is 43.8 Å². The van der Waals surface area contributed by atoms with Crippen LogP contribution in [0.15, 0.2) is 0 Å². The largest absolute Gasteiger partial charge is 0.337 e. The van der Waals surface area contributed by atoms with E-state index in [0.29, 0.717) is 6.54 Å². The molecule has 0 spiro atoms. The van der Waals surface area contributed by atoms with E-state index in [0.717, 1.165) is 0 Å². The van der Waals surface area contributed by atoms with Gasteiger partial charge in [-0.1, -0.05) is 0 Å². The maximum atomic E-state index is 12.1. The molecule has 1 aliphatic heterocycles. The van der Waals surface area contributed by atoms with Gasteiger partial charge in [0.25, 0.3) is 0 Å². The second kappa shape index (κ2) is 3.46. The summed E-state index contributed by atoms with van der Waals surface area (Å²) in [4.78, 5) is 13.9. The van der Waals surface area contributed by atoms with Crippen molar-refractivity contribution in [3.05, 3.63) is 0 Å². The van der Waals surface area contributed by atoms with E-state index in [1.807, 2.05) is 32.6 Å². The average molecular weight is 214 g/mol. The van der Waals surface area contributed by atoms with Gasteiger partial charge in [-0.25, -0.2) is 0 Å². The molecule has 0 atom stereocenters. The van der Waals surface area contributed by atoms with Gasteiger partial charge in [0, 0.05) is 12.6 Å². The van der Waals surface area contributed by atoms with E-state index >= 15 is 0 Å². The highest BCUT2D eigenvalue weighted by molar-refractivity contribution is 5.86. The number of piperazine rings is 1. The van der Waals surface area contributed by atoms with Crippen LogP contribution >= 0.6 is 0 Å². The first-order chi connectivity index (χ1) is 6.60. The first-order valence-electron chi connectivity index (χ1n) is 5.41. The lowest BCUT2D eigenvalue weighted by Gasteiger charge is -2.52. The van der Waals surface area contributed by atoms with Crippen molar-refractivity contribution in [1.82, 2.24) is 9.96 Å². The molecule has 1 N–H and O–H groups in total. The van der Waals surface area contributed by atoms with Crippen LogP contribution in [0.3, 0.4) is 0 Å². The number of carbonyl (C=O) groups is 1. The summed E-state index contributed by atoms with van der Waals surface area (Å²) in [6.45, 7) is 11.9. The predicted molar refractivity (Wildman–Crippen MR) is 58.6 cm³/mol. The van der Waals surface area contributed by atoms with Crippen molar-refractivity contribution in [2.45, 2.75) is 58.7 Å². The normalized spacial score (nSPS) is 26.1. The van der Waals surface area contributed by atoms with Gasteiger partial charge in [-0.15, -0.1) is 0 Å². The van der Waals surface area contributed by atoms with Gasteiger partial charge >= 0.3 is 0 Å². The van der Waals surface area contributed by atoms with E-state index in [9.17, 15) is 10.0 Å². The lowest BCUT2D eigenvalue weighted by Crippen LogP contribution is -2.71. The van der Waals surface area contributed by atoms with Gasteiger partial charge < -0.3 is 10.1 Å². The Morgan fingerprint density at radius 3 is 2.13 bits per heavy atom. The van der Waals surface area contributed by atoms with Crippen LogP contribution in [0.4, 0.5) is 0 Å². The molecule has 1 fully saturated rings. The molecule has 1 amide bonds. The molecule has 1 aliphatic rings. The standard InChI is InChI=1S/C11H22N2O2/c1-8(2)12-7-10(3,4)13(15)11(5,6)9(12)14/h8,15H,7H2,1-6H3. The summed E-state index contributed by atoms with van der Waals surface area (Å²) >= 11 is 0. The van der Waals surface area contributed by atoms with Crippen molar-refractivity contribution in [2.24, 2.45) is 0 Å². The number of amides is 1. The molecule has 0 radical (unpaired) electrons. The molecular formula is C11H22N2O2. The van der Waals surface area contributed by atoms with Crippen LogP contribution in [0, 0.1) is 0 Å². The molecule has 4 nitrogen and oxygen atoms in total. The fraction of sp³-hybridized carbons (Fsp3) is 0.909. The third-order valence-corrected chi connectivity index (χ3v) is 3.07. The minimum atomic E-state index is -0.841. The van der Waals surface area contributed by atoms with Gasteiger partial charge in [0.2, 0.25) is 5.91 Å². The van der Waals surface area contributed by atoms with Crippen molar-refractivity contribution >= 4 is 5.91 Å². The number of carbonyl (C=O) groups excluding carboxylic acids is 1. The summed E-state index contributed by atoms with van der Waals surface area (Å²) in [5, 5.41) is 11.2. The zero-order chi connectivity index (χ0) is 12.0. The summed E-state index contributed by atoms with van der Waals surface area (Å²) in [5.41, 5.74) is -1.24.